The molecule has 1 aromatic rings. The summed E-state index contributed by atoms with van der Waals surface area (Å²) in [4.78, 5) is 9.10. The molecule has 3 nitrogen and oxygen atoms in total. The van der Waals surface area contributed by atoms with Crippen molar-refractivity contribution in [1.29, 1.82) is 0 Å². The molecule has 2 aliphatic carbocycles. The maximum absolute atomic E-state index is 5.02. The van der Waals surface area contributed by atoms with E-state index in [0.717, 1.165) is 25.0 Å². The number of hydrogen-bond acceptors (Lipinski definition) is 4. The van der Waals surface area contributed by atoms with Gasteiger partial charge in [-0.1, -0.05) is 26.7 Å². The fourth-order valence-corrected chi connectivity index (χ4v) is 3.89. The molecule has 0 radical (unpaired) electrons. The van der Waals surface area contributed by atoms with Gasteiger partial charge in [-0.3, -0.25) is 0 Å². The fraction of sp³-hybridized carbons (Fsp3) is 0.824. The van der Waals surface area contributed by atoms with Crippen molar-refractivity contribution in [3.05, 3.63) is 10.6 Å². The first kappa shape index (κ1) is 15.3. The second-order valence-corrected chi connectivity index (χ2v) is 7.61. The average Bonchev–Trinajstić information content (AvgIpc) is 3.38. The molecule has 0 unspecified atom stereocenters. The van der Waals surface area contributed by atoms with Crippen LogP contribution in [0.1, 0.15) is 69.4 Å². The monoisotopic (exact) mass is 307 g/mol. The topological polar surface area (TPSA) is 28.2 Å². The Morgan fingerprint density at radius 2 is 2.00 bits per heavy atom. The van der Waals surface area contributed by atoms with Crippen molar-refractivity contribution in [2.24, 2.45) is 0 Å². The number of rotatable bonds is 10. The van der Waals surface area contributed by atoms with E-state index in [1.165, 1.54) is 67.2 Å². The van der Waals surface area contributed by atoms with Crippen LogP contribution >= 0.6 is 11.3 Å². The number of nitrogens with one attached hydrogen (secondary N) is 1. The Balaban J connectivity index is 1.71. The number of hydrogen-bond donors (Lipinski definition) is 1. The van der Waals surface area contributed by atoms with E-state index in [2.05, 4.69) is 24.1 Å². The number of thiazole rings is 1. The van der Waals surface area contributed by atoms with Crippen molar-refractivity contribution in [2.45, 2.75) is 83.8 Å². The highest BCUT2D eigenvalue weighted by molar-refractivity contribution is 7.15. The lowest BCUT2D eigenvalue weighted by Crippen LogP contribution is -2.26. The molecule has 118 valence electrons. The summed E-state index contributed by atoms with van der Waals surface area (Å²) in [6.45, 7) is 6.76. The summed E-state index contributed by atoms with van der Waals surface area (Å²) in [7, 11) is 0. The van der Waals surface area contributed by atoms with Crippen molar-refractivity contribution >= 4 is 16.5 Å². The first-order valence-electron chi connectivity index (χ1n) is 8.80. The lowest BCUT2D eigenvalue weighted by molar-refractivity contribution is 0.685. The van der Waals surface area contributed by atoms with Crippen molar-refractivity contribution in [3.8, 4) is 0 Å². The molecule has 3 rings (SSSR count). The SMILES string of the molecule is CCCCN(c1nc(CCC)c(CNC2CC2)s1)C1CC1. The first-order chi connectivity index (χ1) is 10.3. The van der Waals surface area contributed by atoms with E-state index in [9.17, 15) is 0 Å². The summed E-state index contributed by atoms with van der Waals surface area (Å²) in [6.07, 6.45) is 10.3. The van der Waals surface area contributed by atoms with Crippen LogP contribution in [-0.2, 0) is 13.0 Å². The fourth-order valence-electron chi connectivity index (χ4n) is 2.74. The average molecular weight is 308 g/mol. The molecule has 0 amide bonds. The van der Waals surface area contributed by atoms with E-state index >= 15 is 0 Å². The van der Waals surface area contributed by atoms with E-state index in [1.54, 1.807) is 0 Å². The summed E-state index contributed by atoms with van der Waals surface area (Å²) in [6, 6.07) is 1.56. The Hall–Kier alpha value is -0.610. The zero-order chi connectivity index (χ0) is 14.7. The Bertz CT molecular complexity index is 449. The third kappa shape index (κ3) is 4.19. The van der Waals surface area contributed by atoms with Crippen LogP contribution < -0.4 is 10.2 Å². The van der Waals surface area contributed by atoms with Gasteiger partial charge in [0.15, 0.2) is 5.13 Å². The molecule has 0 bridgehead atoms. The van der Waals surface area contributed by atoms with E-state index < -0.39 is 0 Å². The highest BCUT2D eigenvalue weighted by atomic mass is 32.1. The molecule has 0 aliphatic heterocycles. The molecule has 2 saturated carbocycles. The van der Waals surface area contributed by atoms with Crippen LogP contribution in [0, 0.1) is 0 Å². The van der Waals surface area contributed by atoms with Crippen LogP contribution in [0.4, 0.5) is 5.13 Å². The number of anilines is 1. The first-order valence-corrected chi connectivity index (χ1v) is 9.62. The van der Waals surface area contributed by atoms with E-state index in [-0.39, 0.29) is 0 Å². The maximum Gasteiger partial charge on any atom is 0.186 e. The highest BCUT2D eigenvalue weighted by Gasteiger charge is 2.31. The summed E-state index contributed by atoms with van der Waals surface area (Å²) >= 11 is 1.95. The largest absolute Gasteiger partial charge is 0.345 e. The molecule has 0 spiro atoms. The summed E-state index contributed by atoms with van der Waals surface area (Å²) in [5, 5.41) is 4.96. The van der Waals surface area contributed by atoms with Crippen LogP contribution in [-0.4, -0.2) is 23.6 Å². The van der Waals surface area contributed by atoms with Crippen molar-refractivity contribution in [2.75, 3.05) is 11.4 Å². The number of aryl methyl sites for hydroxylation is 1. The molecule has 0 saturated heterocycles. The van der Waals surface area contributed by atoms with E-state index in [1.807, 2.05) is 11.3 Å². The predicted molar refractivity (Wildman–Crippen MR) is 91.2 cm³/mol. The molecular formula is C17H29N3S. The molecule has 2 fully saturated rings. The van der Waals surface area contributed by atoms with Crippen LogP contribution in [0.2, 0.25) is 0 Å². The smallest absolute Gasteiger partial charge is 0.186 e. The molecule has 0 atom stereocenters. The zero-order valence-electron chi connectivity index (χ0n) is 13.5. The van der Waals surface area contributed by atoms with Gasteiger partial charge in [0, 0.05) is 30.1 Å². The normalized spacial score (nSPS) is 18.2. The minimum Gasteiger partial charge on any atom is -0.345 e. The van der Waals surface area contributed by atoms with Gasteiger partial charge in [-0.25, -0.2) is 4.98 Å². The maximum atomic E-state index is 5.02. The number of aromatic nitrogens is 1. The van der Waals surface area contributed by atoms with Gasteiger partial charge in [0.25, 0.3) is 0 Å². The van der Waals surface area contributed by atoms with Gasteiger partial charge in [-0.05, 0) is 38.5 Å². The van der Waals surface area contributed by atoms with Crippen LogP contribution in [0.25, 0.3) is 0 Å². The summed E-state index contributed by atoms with van der Waals surface area (Å²) < 4.78 is 0. The molecule has 1 aromatic heterocycles. The molecular weight excluding hydrogens is 278 g/mol. The van der Waals surface area contributed by atoms with Crippen molar-refractivity contribution in [1.82, 2.24) is 10.3 Å². The third-order valence-corrected chi connectivity index (χ3v) is 5.50. The quantitative estimate of drug-likeness (QED) is 0.705. The van der Waals surface area contributed by atoms with Gasteiger partial charge in [-0.2, -0.15) is 0 Å². The molecule has 21 heavy (non-hydrogen) atoms. The van der Waals surface area contributed by atoms with Gasteiger partial charge in [0.1, 0.15) is 0 Å². The molecule has 0 aromatic carbocycles. The Morgan fingerprint density at radius 3 is 2.62 bits per heavy atom. The third-order valence-electron chi connectivity index (χ3n) is 4.37. The lowest BCUT2D eigenvalue weighted by Gasteiger charge is -2.21. The second kappa shape index (κ2) is 7.10. The number of unbranched alkanes of at least 4 members (excludes halogenated alkanes) is 1. The van der Waals surface area contributed by atoms with Gasteiger partial charge >= 0.3 is 0 Å². The summed E-state index contributed by atoms with van der Waals surface area (Å²) in [5.74, 6) is 0. The Labute approximate surface area is 133 Å². The van der Waals surface area contributed by atoms with E-state index in [0.29, 0.717) is 0 Å². The van der Waals surface area contributed by atoms with Crippen LogP contribution in [0.3, 0.4) is 0 Å². The molecule has 1 heterocycles. The predicted octanol–water partition coefficient (Wildman–Crippen LogP) is 4.12. The molecule has 4 heteroatoms. The molecule has 1 N–H and O–H groups in total. The summed E-state index contributed by atoms with van der Waals surface area (Å²) in [5.41, 5.74) is 1.35. The Kier molecular flexibility index (Phi) is 5.17. The van der Waals surface area contributed by atoms with Gasteiger partial charge in [-0.15, -0.1) is 11.3 Å². The van der Waals surface area contributed by atoms with Gasteiger partial charge < -0.3 is 10.2 Å². The minimum atomic E-state index is 0.779. The lowest BCUT2D eigenvalue weighted by atomic mass is 10.2. The van der Waals surface area contributed by atoms with Crippen LogP contribution in [0.5, 0.6) is 0 Å². The zero-order valence-corrected chi connectivity index (χ0v) is 14.3. The second-order valence-electron chi connectivity index (χ2n) is 6.55. The van der Waals surface area contributed by atoms with Crippen molar-refractivity contribution in [3.63, 3.8) is 0 Å². The minimum absolute atomic E-state index is 0.779. The van der Waals surface area contributed by atoms with Crippen molar-refractivity contribution < 1.29 is 0 Å². The highest BCUT2D eigenvalue weighted by Crippen LogP contribution is 2.36. The number of nitrogens with zero attached hydrogens (tertiary/aromatic N) is 2. The molecule has 2 aliphatic rings. The van der Waals surface area contributed by atoms with Crippen LogP contribution in [0.15, 0.2) is 0 Å². The van der Waals surface area contributed by atoms with E-state index in [4.69, 9.17) is 4.98 Å². The Morgan fingerprint density at radius 1 is 1.19 bits per heavy atom. The van der Waals surface area contributed by atoms with Gasteiger partial charge in [0.2, 0.25) is 0 Å². The standard InChI is InChI=1S/C17H29N3S/c1-3-5-11-20(14-9-10-14)17-19-15(6-4-2)16(21-17)12-18-13-7-8-13/h13-14,18H,3-12H2,1-2H3. The van der Waals surface area contributed by atoms with Gasteiger partial charge in [0.05, 0.1) is 5.69 Å².